The first kappa shape index (κ1) is 24.2. The van der Waals surface area contributed by atoms with Crippen LogP contribution in [0.4, 0.5) is 18.9 Å². The molecular weight excluding hydrogens is 435 g/mol. The molecule has 0 radical (unpaired) electrons. The Hall–Kier alpha value is -3.08. The number of carbonyl (C=O) groups is 2. The molecule has 0 aliphatic heterocycles. The van der Waals surface area contributed by atoms with E-state index in [1.54, 1.807) is 0 Å². The molecule has 2 amide bonds. The molecule has 2 aromatic rings. The van der Waals surface area contributed by atoms with Crippen LogP contribution in [0.15, 0.2) is 42.5 Å². The summed E-state index contributed by atoms with van der Waals surface area (Å²) >= 11 is 0. The van der Waals surface area contributed by atoms with E-state index in [4.69, 9.17) is 0 Å². The second-order valence-corrected chi connectivity index (χ2v) is 8.71. The molecule has 11 heteroatoms. The van der Waals surface area contributed by atoms with Crippen molar-refractivity contribution in [1.82, 2.24) is 10.2 Å². The molecule has 0 bridgehead atoms. The van der Waals surface area contributed by atoms with Crippen molar-refractivity contribution in [3.8, 4) is 0 Å². The van der Waals surface area contributed by atoms with E-state index in [-0.39, 0.29) is 12.2 Å². The van der Waals surface area contributed by atoms with E-state index in [1.165, 1.54) is 38.2 Å². The summed E-state index contributed by atoms with van der Waals surface area (Å²) in [6, 6.07) is 6.67. The lowest BCUT2D eigenvalue weighted by Crippen LogP contribution is -2.50. The highest BCUT2D eigenvalue weighted by Crippen LogP contribution is 2.21. The average molecular weight is 457 g/mol. The SMILES string of the molecule is CNC(=O)[C@H](C)N(Cc1ccc(F)cc1)C(=O)CN(c1ccc(F)c(F)c1)S(C)(=O)=O. The first-order valence-corrected chi connectivity index (χ1v) is 11.0. The molecule has 0 saturated heterocycles. The van der Waals surface area contributed by atoms with Gasteiger partial charge < -0.3 is 10.2 Å². The summed E-state index contributed by atoms with van der Waals surface area (Å²) in [5.74, 6) is -4.21. The van der Waals surface area contributed by atoms with Crippen molar-refractivity contribution in [1.29, 1.82) is 0 Å². The van der Waals surface area contributed by atoms with E-state index in [9.17, 15) is 31.2 Å². The van der Waals surface area contributed by atoms with E-state index in [0.29, 0.717) is 15.9 Å². The molecule has 0 unspecified atom stereocenters. The molecule has 0 aliphatic carbocycles. The van der Waals surface area contributed by atoms with Crippen molar-refractivity contribution in [2.24, 2.45) is 0 Å². The van der Waals surface area contributed by atoms with Gasteiger partial charge in [0.1, 0.15) is 18.4 Å². The third-order valence-electron chi connectivity index (χ3n) is 4.55. The van der Waals surface area contributed by atoms with Crippen LogP contribution in [0.25, 0.3) is 0 Å². The lowest BCUT2D eigenvalue weighted by atomic mass is 10.1. The van der Waals surface area contributed by atoms with Crippen LogP contribution in [0.3, 0.4) is 0 Å². The van der Waals surface area contributed by atoms with Gasteiger partial charge in [-0.15, -0.1) is 0 Å². The van der Waals surface area contributed by atoms with Crippen molar-refractivity contribution >= 4 is 27.5 Å². The zero-order chi connectivity index (χ0) is 23.3. The summed E-state index contributed by atoms with van der Waals surface area (Å²) < 4.78 is 65.3. The van der Waals surface area contributed by atoms with Crippen LogP contribution in [0.2, 0.25) is 0 Å². The minimum Gasteiger partial charge on any atom is -0.357 e. The quantitative estimate of drug-likeness (QED) is 0.657. The zero-order valence-corrected chi connectivity index (χ0v) is 17.9. The summed E-state index contributed by atoms with van der Waals surface area (Å²) in [7, 11) is -2.68. The third kappa shape index (κ3) is 6.20. The topological polar surface area (TPSA) is 86.8 Å². The van der Waals surface area contributed by atoms with Gasteiger partial charge in [-0.05, 0) is 36.8 Å². The van der Waals surface area contributed by atoms with E-state index >= 15 is 0 Å². The van der Waals surface area contributed by atoms with Crippen LogP contribution in [0, 0.1) is 17.5 Å². The molecule has 2 rings (SSSR count). The Bertz CT molecular complexity index is 1060. The number of anilines is 1. The maximum Gasteiger partial charge on any atom is 0.244 e. The lowest BCUT2D eigenvalue weighted by molar-refractivity contribution is -0.139. The Kier molecular flexibility index (Phi) is 7.66. The molecule has 168 valence electrons. The molecule has 0 aliphatic rings. The Morgan fingerprint density at radius 2 is 1.65 bits per heavy atom. The summed E-state index contributed by atoms with van der Waals surface area (Å²) in [5, 5.41) is 2.41. The minimum absolute atomic E-state index is 0.108. The number of halogens is 3. The predicted molar refractivity (Wildman–Crippen MR) is 109 cm³/mol. The van der Waals surface area contributed by atoms with Gasteiger partial charge in [-0.25, -0.2) is 21.6 Å². The molecule has 0 spiro atoms. The van der Waals surface area contributed by atoms with E-state index in [2.05, 4.69) is 5.32 Å². The number of nitrogens with one attached hydrogen (secondary N) is 1. The van der Waals surface area contributed by atoms with Crippen LogP contribution < -0.4 is 9.62 Å². The maximum absolute atomic E-state index is 13.6. The van der Waals surface area contributed by atoms with Crippen LogP contribution in [-0.2, 0) is 26.2 Å². The smallest absolute Gasteiger partial charge is 0.244 e. The first-order chi connectivity index (χ1) is 14.4. The highest BCUT2D eigenvalue weighted by Gasteiger charge is 2.30. The van der Waals surface area contributed by atoms with Gasteiger partial charge in [0, 0.05) is 19.7 Å². The number of hydrogen-bond acceptors (Lipinski definition) is 4. The van der Waals surface area contributed by atoms with Gasteiger partial charge in [-0.1, -0.05) is 12.1 Å². The van der Waals surface area contributed by atoms with Gasteiger partial charge in [0.05, 0.1) is 11.9 Å². The van der Waals surface area contributed by atoms with Crippen molar-refractivity contribution in [2.75, 3.05) is 24.2 Å². The minimum atomic E-state index is -4.06. The number of amides is 2. The monoisotopic (exact) mass is 457 g/mol. The summed E-state index contributed by atoms with van der Waals surface area (Å²) in [4.78, 5) is 26.3. The first-order valence-electron chi connectivity index (χ1n) is 9.12. The van der Waals surface area contributed by atoms with Gasteiger partial charge in [0.2, 0.25) is 21.8 Å². The number of carbonyl (C=O) groups excluding carboxylic acids is 2. The summed E-state index contributed by atoms with van der Waals surface area (Å²) in [6.45, 7) is 0.581. The summed E-state index contributed by atoms with van der Waals surface area (Å²) in [6.07, 6.45) is 0.814. The number of benzene rings is 2. The molecule has 0 aromatic heterocycles. The molecule has 0 saturated carbocycles. The number of likely N-dealkylation sites (N-methyl/N-ethyl adjacent to an activating group) is 1. The number of hydrogen-bond donors (Lipinski definition) is 1. The van der Waals surface area contributed by atoms with E-state index in [1.807, 2.05) is 0 Å². The highest BCUT2D eigenvalue weighted by atomic mass is 32.2. The van der Waals surface area contributed by atoms with Crippen LogP contribution in [0.1, 0.15) is 12.5 Å². The van der Waals surface area contributed by atoms with Gasteiger partial charge in [-0.2, -0.15) is 0 Å². The van der Waals surface area contributed by atoms with Crippen molar-refractivity contribution < 1.29 is 31.2 Å². The average Bonchev–Trinajstić information content (AvgIpc) is 2.71. The molecule has 0 fully saturated rings. The molecule has 0 heterocycles. The Morgan fingerprint density at radius 3 is 2.16 bits per heavy atom. The standard InChI is InChI=1S/C20H22F3N3O4S/c1-13(20(28)24-2)25(11-14-4-6-15(21)7-5-14)19(27)12-26(31(3,29)30)16-8-9-17(22)18(23)10-16/h4-10,13H,11-12H2,1-3H3,(H,24,28)/t13-/m0/s1. The molecule has 1 atom stereocenters. The highest BCUT2D eigenvalue weighted by molar-refractivity contribution is 7.92. The Balaban J connectivity index is 2.39. The molecule has 1 N–H and O–H groups in total. The predicted octanol–water partition coefficient (Wildman–Crippen LogP) is 2.03. The second kappa shape index (κ2) is 9.82. The normalized spacial score (nSPS) is 12.2. The number of rotatable bonds is 8. The fourth-order valence-electron chi connectivity index (χ4n) is 2.83. The Labute approximate surface area is 178 Å². The fourth-order valence-corrected chi connectivity index (χ4v) is 3.67. The van der Waals surface area contributed by atoms with Gasteiger partial charge in [0.15, 0.2) is 11.6 Å². The second-order valence-electron chi connectivity index (χ2n) is 6.81. The number of sulfonamides is 1. The largest absolute Gasteiger partial charge is 0.357 e. The Morgan fingerprint density at radius 1 is 1.03 bits per heavy atom. The van der Waals surface area contributed by atoms with Gasteiger partial charge in [0.25, 0.3) is 0 Å². The van der Waals surface area contributed by atoms with Crippen LogP contribution in [0.5, 0.6) is 0 Å². The van der Waals surface area contributed by atoms with Crippen molar-refractivity contribution in [3.05, 3.63) is 65.5 Å². The van der Waals surface area contributed by atoms with Gasteiger partial charge >= 0.3 is 0 Å². The molecular formula is C20H22F3N3O4S. The third-order valence-corrected chi connectivity index (χ3v) is 5.69. The van der Waals surface area contributed by atoms with Crippen molar-refractivity contribution in [2.45, 2.75) is 19.5 Å². The summed E-state index contributed by atoms with van der Waals surface area (Å²) in [5.41, 5.74) is 0.258. The van der Waals surface area contributed by atoms with Crippen LogP contribution in [-0.4, -0.2) is 51.0 Å². The zero-order valence-electron chi connectivity index (χ0n) is 17.1. The van der Waals surface area contributed by atoms with Crippen molar-refractivity contribution in [3.63, 3.8) is 0 Å². The molecule has 2 aromatic carbocycles. The fraction of sp³-hybridized carbons (Fsp3) is 0.300. The molecule has 31 heavy (non-hydrogen) atoms. The van der Waals surface area contributed by atoms with E-state index < -0.39 is 51.9 Å². The maximum atomic E-state index is 13.6. The van der Waals surface area contributed by atoms with Gasteiger partial charge in [-0.3, -0.25) is 13.9 Å². The lowest BCUT2D eigenvalue weighted by Gasteiger charge is -2.31. The van der Waals surface area contributed by atoms with Crippen LogP contribution >= 0.6 is 0 Å². The number of nitrogens with zero attached hydrogens (tertiary/aromatic N) is 2. The van der Waals surface area contributed by atoms with E-state index in [0.717, 1.165) is 23.3 Å². The molecule has 7 nitrogen and oxygen atoms in total.